The van der Waals surface area contributed by atoms with Crippen LogP contribution in [-0.4, -0.2) is 17.6 Å². The topological polar surface area (TPSA) is 64.1 Å². The Labute approximate surface area is 77.7 Å². The average Bonchev–Trinajstić information content (AvgIpc) is 2.06. The molecule has 0 atom stereocenters. The van der Waals surface area contributed by atoms with Gasteiger partial charge >= 0.3 is 10.6 Å². The van der Waals surface area contributed by atoms with Crippen LogP contribution in [-0.2, 0) is 17.0 Å². The summed E-state index contributed by atoms with van der Waals surface area (Å²) < 4.78 is 25.3. The van der Waals surface area contributed by atoms with Gasteiger partial charge in [0.1, 0.15) is 0 Å². The lowest BCUT2D eigenvalue weighted by molar-refractivity contribution is 0.559. The Hall–Kier alpha value is -1.67. The van der Waals surface area contributed by atoms with Crippen LogP contribution in [0.5, 0.6) is 0 Å². The van der Waals surface area contributed by atoms with Crippen molar-refractivity contribution in [1.82, 2.24) is 4.98 Å². The van der Waals surface area contributed by atoms with Crippen LogP contribution in [0.2, 0.25) is 0 Å². The van der Waals surface area contributed by atoms with Crippen molar-refractivity contribution >= 4 is 10.6 Å². The van der Waals surface area contributed by atoms with E-state index in [0.717, 1.165) is 5.56 Å². The number of hydrogen-bond acceptors (Lipinski definition) is 4. The van der Waals surface area contributed by atoms with Gasteiger partial charge in [-0.15, -0.1) is 25.0 Å². The Kier molecular flexibility index (Phi) is 6.11. The van der Waals surface area contributed by atoms with Crippen molar-refractivity contribution in [2.75, 3.05) is 0 Å². The molecule has 1 heterocycles. The summed E-state index contributed by atoms with van der Waals surface area (Å²) in [5.74, 6) is 2.56. The first-order valence-corrected chi connectivity index (χ1v) is 4.26. The zero-order chi connectivity index (χ0) is 10.1. The summed E-state index contributed by atoms with van der Waals surface area (Å²) in [4.78, 5) is 3.86. The second kappa shape index (κ2) is 7.00. The molecule has 1 rings (SSSR count). The third-order valence-electron chi connectivity index (χ3n) is 1.06. The van der Waals surface area contributed by atoms with Gasteiger partial charge in [0.2, 0.25) is 0 Å². The van der Waals surface area contributed by atoms with Gasteiger partial charge in [0, 0.05) is 18.8 Å². The SMILES string of the molecule is C#CCc1ccncc1.O=S(=O)=O. The van der Waals surface area contributed by atoms with Gasteiger partial charge in [0.25, 0.3) is 0 Å². The van der Waals surface area contributed by atoms with E-state index in [2.05, 4.69) is 10.9 Å². The molecular formula is C8H7NO3S. The number of rotatable bonds is 1. The smallest absolute Gasteiger partial charge is 0.265 e. The number of hydrogen-bond donors (Lipinski definition) is 0. The second-order valence-corrected chi connectivity index (χ2v) is 2.35. The molecule has 0 saturated heterocycles. The molecule has 68 valence electrons. The Morgan fingerprint density at radius 3 is 2.15 bits per heavy atom. The van der Waals surface area contributed by atoms with E-state index in [-0.39, 0.29) is 0 Å². The lowest BCUT2D eigenvalue weighted by Gasteiger charge is -1.88. The highest BCUT2D eigenvalue weighted by atomic mass is 32.2. The second-order valence-electron chi connectivity index (χ2n) is 1.94. The van der Waals surface area contributed by atoms with Gasteiger partial charge in [-0.1, -0.05) is 0 Å². The Balaban J connectivity index is 0.000000310. The molecule has 0 aliphatic carbocycles. The lowest BCUT2D eigenvalue weighted by atomic mass is 10.2. The Bertz CT molecular complexity index is 369. The van der Waals surface area contributed by atoms with Gasteiger partial charge in [0.15, 0.2) is 0 Å². The van der Waals surface area contributed by atoms with E-state index in [1.165, 1.54) is 0 Å². The number of pyridine rings is 1. The molecule has 4 nitrogen and oxygen atoms in total. The predicted molar refractivity (Wildman–Crippen MR) is 46.5 cm³/mol. The summed E-state index contributed by atoms with van der Waals surface area (Å²) in [6, 6.07) is 3.83. The molecule has 0 aromatic carbocycles. The molecule has 0 N–H and O–H groups in total. The summed E-state index contributed by atoms with van der Waals surface area (Å²) in [6.07, 6.45) is 9.27. The van der Waals surface area contributed by atoms with Crippen molar-refractivity contribution < 1.29 is 12.6 Å². The molecule has 0 aliphatic heterocycles. The molecule has 0 spiro atoms. The molecule has 0 saturated carbocycles. The third-order valence-corrected chi connectivity index (χ3v) is 1.06. The van der Waals surface area contributed by atoms with Gasteiger partial charge in [-0.2, -0.15) is 0 Å². The van der Waals surface area contributed by atoms with Crippen LogP contribution in [0, 0.1) is 12.3 Å². The van der Waals surface area contributed by atoms with E-state index < -0.39 is 10.6 Å². The minimum Gasteiger partial charge on any atom is -0.265 e. The van der Waals surface area contributed by atoms with Crippen molar-refractivity contribution in [3.63, 3.8) is 0 Å². The monoisotopic (exact) mass is 197 g/mol. The quantitative estimate of drug-likeness (QED) is 0.605. The standard InChI is InChI=1S/C8H7N.O3S/c1-2-3-8-4-6-9-7-5-8;1-4(2)3/h1,4-7H,3H2;. The van der Waals surface area contributed by atoms with E-state index in [0.29, 0.717) is 6.42 Å². The summed E-state index contributed by atoms with van der Waals surface area (Å²) in [5.41, 5.74) is 1.15. The number of nitrogens with zero attached hydrogens (tertiary/aromatic N) is 1. The molecule has 0 unspecified atom stereocenters. The van der Waals surface area contributed by atoms with Crippen molar-refractivity contribution in [3.8, 4) is 12.3 Å². The van der Waals surface area contributed by atoms with Crippen LogP contribution in [0.1, 0.15) is 5.56 Å². The zero-order valence-electron chi connectivity index (χ0n) is 6.67. The fourth-order valence-corrected chi connectivity index (χ4v) is 0.618. The maximum Gasteiger partial charge on any atom is 0.425 e. The highest BCUT2D eigenvalue weighted by Crippen LogP contribution is 1.94. The molecule has 1 aromatic rings. The number of terminal acetylenes is 1. The number of aromatic nitrogens is 1. The highest BCUT2D eigenvalue weighted by Gasteiger charge is 1.83. The van der Waals surface area contributed by atoms with Crippen LogP contribution in [0.3, 0.4) is 0 Å². The molecular weight excluding hydrogens is 190 g/mol. The fourth-order valence-electron chi connectivity index (χ4n) is 0.618. The van der Waals surface area contributed by atoms with E-state index in [4.69, 9.17) is 19.1 Å². The Morgan fingerprint density at radius 2 is 1.77 bits per heavy atom. The minimum absolute atomic E-state index is 0.697. The highest BCUT2D eigenvalue weighted by molar-refractivity contribution is 7.59. The third kappa shape index (κ3) is 8.23. The minimum atomic E-state index is -3.11. The summed E-state index contributed by atoms with van der Waals surface area (Å²) in [7, 11) is -3.11. The first kappa shape index (κ1) is 11.3. The van der Waals surface area contributed by atoms with Crippen molar-refractivity contribution in [1.29, 1.82) is 0 Å². The van der Waals surface area contributed by atoms with E-state index in [1.807, 2.05) is 12.1 Å². The molecule has 0 bridgehead atoms. The van der Waals surface area contributed by atoms with Gasteiger partial charge in [-0.05, 0) is 17.7 Å². The molecule has 1 aromatic heterocycles. The fraction of sp³-hybridized carbons (Fsp3) is 0.125. The van der Waals surface area contributed by atoms with Crippen LogP contribution in [0.25, 0.3) is 0 Å². The summed E-state index contributed by atoms with van der Waals surface area (Å²) >= 11 is 0. The maximum atomic E-state index is 8.44. The normalized spacial score (nSPS) is 7.62. The molecule has 0 fully saturated rings. The summed E-state index contributed by atoms with van der Waals surface area (Å²) in [5, 5.41) is 0. The first-order valence-electron chi connectivity index (χ1n) is 3.26. The van der Waals surface area contributed by atoms with Gasteiger partial charge in [-0.3, -0.25) is 4.98 Å². The molecule has 0 radical (unpaired) electrons. The van der Waals surface area contributed by atoms with Gasteiger partial charge in [-0.25, -0.2) is 0 Å². The van der Waals surface area contributed by atoms with Crippen molar-refractivity contribution in [2.45, 2.75) is 6.42 Å². The lowest BCUT2D eigenvalue weighted by Crippen LogP contribution is -1.79. The largest absolute Gasteiger partial charge is 0.425 e. The average molecular weight is 197 g/mol. The van der Waals surface area contributed by atoms with Gasteiger partial charge < -0.3 is 0 Å². The van der Waals surface area contributed by atoms with E-state index in [1.54, 1.807) is 12.4 Å². The zero-order valence-corrected chi connectivity index (χ0v) is 7.49. The maximum absolute atomic E-state index is 8.44. The molecule has 13 heavy (non-hydrogen) atoms. The van der Waals surface area contributed by atoms with Crippen LogP contribution >= 0.6 is 0 Å². The summed E-state index contributed by atoms with van der Waals surface area (Å²) in [6.45, 7) is 0. The van der Waals surface area contributed by atoms with Crippen LogP contribution in [0.15, 0.2) is 24.5 Å². The van der Waals surface area contributed by atoms with E-state index in [9.17, 15) is 0 Å². The first-order chi connectivity index (χ1) is 6.16. The van der Waals surface area contributed by atoms with E-state index >= 15 is 0 Å². The van der Waals surface area contributed by atoms with Crippen molar-refractivity contribution in [3.05, 3.63) is 30.1 Å². The van der Waals surface area contributed by atoms with Crippen LogP contribution in [0.4, 0.5) is 0 Å². The molecule has 0 amide bonds. The molecule has 5 heteroatoms. The van der Waals surface area contributed by atoms with Gasteiger partial charge in [0.05, 0.1) is 0 Å². The predicted octanol–water partition coefficient (Wildman–Crippen LogP) is 0.253. The Morgan fingerprint density at radius 1 is 1.31 bits per heavy atom. The molecule has 0 aliphatic rings. The van der Waals surface area contributed by atoms with Crippen molar-refractivity contribution in [2.24, 2.45) is 0 Å². The van der Waals surface area contributed by atoms with Crippen LogP contribution < -0.4 is 0 Å².